The van der Waals surface area contributed by atoms with Gasteiger partial charge in [-0.2, -0.15) is 5.10 Å². The molecule has 3 nitrogen and oxygen atoms in total. The Labute approximate surface area is 117 Å². The zero-order chi connectivity index (χ0) is 13.0. The highest BCUT2D eigenvalue weighted by atomic mass is 35.5. The first kappa shape index (κ1) is 13.6. The molecular formula is C13H18ClN3S. The standard InChI is InChI=1S/C13H18ClN3S/c1-3-6-15-12(8-10-5-4-7-18-10)13-11(14)9-16-17(13)2/h4-5,7,9,12,15H,3,6,8H2,1-2H3. The summed E-state index contributed by atoms with van der Waals surface area (Å²) in [6.07, 6.45) is 3.78. The van der Waals surface area contributed by atoms with Gasteiger partial charge < -0.3 is 5.32 Å². The zero-order valence-electron chi connectivity index (χ0n) is 10.7. The van der Waals surface area contributed by atoms with E-state index in [1.54, 1.807) is 17.5 Å². The monoisotopic (exact) mass is 283 g/mol. The molecule has 0 saturated heterocycles. The van der Waals surface area contributed by atoms with Gasteiger partial charge in [0.15, 0.2) is 0 Å². The average molecular weight is 284 g/mol. The molecule has 0 aromatic carbocycles. The van der Waals surface area contributed by atoms with Gasteiger partial charge in [0.25, 0.3) is 0 Å². The fourth-order valence-electron chi connectivity index (χ4n) is 2.03. The second-order valence-electron chi connectivity index (χ2n) is 4.29. The second-order valence-corrected chi connectivity index (χ2v) is 5.73. The van der Waals surface area contributed by atoms with Crippen LogP contribution in [0.15, 0.2) is 23.7 Å². The molecule has 0 saturated carbocycles. The molecule has 2 aromatic heterocycles. The third-order valence-corrected chi connectivity index (χ3v) is 4.08. The Morgan fingerprint density at radius 3 is 2.94 bits per heavy atom. The second kappa shape index (κ2) is 6.36. The number of hydrogen-bond donors (Lipinski definition) is 1. The summed E-state index contributed by atoms with van der Waals surface area (Å²) in [7, 11) is 1.94. The molecule has 5 heteroatoms. The summed E-state index contributed by atoms with van der Waals surface area (Å²) in [6.45, 7) is 3.15. The van der Waals surface area contributed by atoms with Crippen LogP contribution in [0.2, 0.25) is 5.02 Å². The molecule has 0 aliphatic rings. The molecule has 2 aromatic rings. The van der Waals surface area contributed by atoms with Gasteiger partial charge >= 0.3 is 0 Å². The third kappa shape index (κ3) is 3.13. The van der Waals surface area contributed by atoms with Gasteiger partial charge in [-0.3, -0.25) is 4.68 Å². The van der Waals surface area contributed by atoms with Gasteiger partial charge in [-0.15, -0.1) is 11.3 Å². The number of aromatic nitrogens is 2. The number of halogens is 1. The normalized spacial score (nSPS) is 12.8. The summed E-state index contributed by atoms with van der Waals surface area (Å²) >= 11 is 8.02. The van der Waals surface area contributed by atoms with Crippen molar-refractivity contribution in [1.29, 1.82) is 0 Å². The lowest BCUT2D eigenvalue weighted by molar-refractivity contribution is 0.496. The summed E-state index contributed by atoms with van der Waals surface area (Å²) in [4.78, 5) is 1.36. The number of hydrogen-bond acceptors (Lipinski definition) is 3. The molecule has 0 radical (unpaired) electrons. The molecule has 0 bridgehead atoms. The van der Waals surface area contributed by atoms with Gasteiger partial charge in [-0.1, -0.05) is 24.6 Å². The molecule has 0 spiro atoms. The summed E-state index contributed by atoms with van der Waals surface area (Å²) in [5.74, 6) is 0. The molecule has 1 atom stereocenters. The van der Waals surface area contributed by atoms with Crippen LogP contribution in [0.3, 0.4) is 0 Å². The van der Waals surface area contributed by atoms with Crippen molar-refractivity contribution in [3.05, 3.63) is 39.3 Å². The molecule has 18 heavy (non-hydrogen) atoms. The lowest BCUT2D eigenvalue weighted by atomic mass is 10.1. The van der Waals surface area contributed by atoms with Crippen LogP contribution < -0.4 is 5.32 Å². The predicted octanol–water partition coefficient (Wildman–Crippen LogP) is 3.42. The number of rotatable bonds is 6. The summed E-state index contributed by atoms with van der Waals surface area (Å²) < 4.78 is 1.86. The maximum atomic E-state index is 6.24. The van der Waals surface area contributed by atoms with Crippen molar-refractivity contribution in [2.75, 3.05) is 6.54 Å². The van der Waals surface area contributed by atoms with Crippen LogP contribution in [0.5, 0.6) is 0 Å². The fourth-order valence-corrected chi connectivity index (χ4v) is 3.08. The van der Waals surface area contributed by atoms with Crippen molar-refractivity contribution in [2.45, 2.75) is 25.8 Å². The van der Waals surface area contributed by atoms with Crippen LogP contribution in [-0.4, -0.2) is 16.3 Å². The van der Waals surface area contributed by atoms with Gasteiger partial charge in [0.1, 0.15) is 0 Å². The Morgan fingerprint density at radius 2 is 2.39 bits per heavy atom. The van der Waals surface area contributed by atoms with E-state index in [-0.39, 0.29) is 6.04 Å². The van der Waals surface area contributed by atoms with Gasteiger partial charge in [-0.25, -0.2) is 0 Å². The summed E-state index contributed by atoms with van der Waals surface area (Å²) in [5, 5.41) is 10.6. The highest BCUT2D eigenvalue weighted by Gasteiger charge is 2.19. The Morgan fingerprint density at radius 1 is 1.56 bits per heavy atom. The average Bonchev–Trinajstić information content (AvgIpc) is 2.96. The van der Waals surface area contributed by atoms with E-state index in [1.165, 1.54) is 4.88 Å². The number of thiophene rings is 1. The first-order valence-electron chi connectivity index (χ1n) is 6.15. The molecule has 0 aliphatic heterocycles. The van der Waals surface area contributed by atoms with Gasteiger partial charge in [-0.05, 0) is 24.4 Å². The van der Waals surface area contributed by atoms with E-state index < -0.39 is 0 Å². The highest BCUT2D eigenvalue weighted by molar-refractivity contribution is 7.09. The van der Waals surface area contributed by atoms with E-state index in [4.69, 9.17) is 11.6 Å². The van der Waals surface area contributed by atoms with Crippen LogP contribution in [-0.2, 0) is 13.5 Å². The van der Waals surface area contributed by atoms with Crippen molar-refractivity contribution in [2.24, 2.45) is 7.05 Å². The van der Waals surface area contributed by atoms with Crippen molar-refractivity contribution < 1.29 is 0 Å². The lowest BCUT2D eigenvalue weighted by Crippen LogP contribution is -2.26. The van der Waals surface area contributed by atoms with Crippen molar-refractivity contribution in [1.82, 2.24) is 15.1 Å². The summed E-state index contributed by atoms with van der Waals surface area (Å²) in [5.41, 5.74) is 1.07. The Kier molecular flexibility index (Phi) is 4.80. The predicted molar refractivity (Wildman–Crippen MR) is 77.3 cm³/mol. The quantitative estimate of drug-likeness (QED) is 0.880. The number of aryl methyl sites for hydroxylation is 1. The van der Waals surface area contributed by atoms with E-state index in [9.17, 15) is 0 Å². The molecule has 1 unspecified atom stereocenters. The Hall–Kier alpha value is -0.840. The van der Waals surface area contributed by atoms with Crippen LogP contribution >= 0.6 is 22.9 Å². The topological polar surface area (TPSA) is 29.9 Å². The van der Waals surface area contributed by atoms with E-state index >= 15 is 0 Å². The van der Waals surface area contributed by atoms with Gasteiger partial charge in [0.05, 0.1) is 23.0 Å². The Balaban J connectivity index is 2.19. The van der Waals surface area contributed by atoms with Crippen molar-refractivity contribution in [3.63, 3.8) is 0 Å². The van der Waals surface area contributed by atoms with Crippen LogP contribution in [0, 0.1) is 0 Å². The molecule has 1 N–H and O–H groups in total. The minimum absolute atomic E-state index is 0.226. The molecule has 98 valence electrons. The molecular weight excluding hydrogens is 266 g/mol. The van der Waals surface area contributed by atoms with E-state index in [1.807, 2.05) is 11.7 Å². The van der Waals surface area contributed by atoms with Crippen molar-refractivity contribution >= 4 is 22.9 Å². The van der Waals surface area contributed by atoms with Crippen LogP contribution in [0.4, 0.5) is 0 Å². The third-order valence-electron chi connectivity index (χ3n) is 2.89. The van der Waals surface area contributed by atoms with Gasteiger partial charge in [0, 0.05) is 18.3 Å². The Bertz CT molecular complexity index is 459. The summed E-state index contributed by atoms with van der Waals surface area (Å²) in [6, 6.07) is 4.47. The van der Waals surface area contributed by atoms with Gasteiger partial charge in [0.2, 0.25) is 0 Å². The van der Waals surface area contributed by atoms with Crippen molar-refractivity contribution in [3.8, 4) is 0 Å². The van der Waals surface area contributed by atoms with E-state index in [0.29, 0.717) is 0 Å². The molecule has 0 amide bonds. The van der Waals surface area contributed by atoms with Crippen LogP contribution in [0.1, 0.15) is 30.0 Å². The molecule has 2 heterocycles. The first-order chi connectivity index (χ1) is 8.72. The molecule has 0 aliphatic carbocycles. The smallest absolute Gasteiger partial charge is 0.0834 e. The first-order valence-corrected chi connectivity index (χ1v) is 7.41. The number of nitrogens with one attached hydrogen (secondary N) is 1. The highest BCUT2D eigenvalue weighted by Crippen LogP contribution is 2.26. The molecule has 2 rings (SSSR count). The maximum absolute atomic E-state index is 6.24. The molecule has 0 fully saturated rings. The zero-order valence-corrected chi connectivity index (χ0v) is 12.3. The fraction of sp³-hybridized carbons (Fsp3) is 0.462. The van der Waals surface area contributed by atoms with E-state index in [2.05, 4.69) is 34.9 Å². The largest absolute Gasteiger partial charge is 0.308 e. The minimum atomic E-state index is 0.226. The van der Waals surface area contributed by atoms with Crippen LogP contribution in [0.25, 0.3) is 0 Å². The van der Waals surface area contributed by atoms with E-state index in [0.717, 1.165) is 30.1 Å². The maximum Gasteiger partial charge on any atom is 0.0834 e. The number of nitrogens with zero attached hydrogens (tertiary/aromatic N) is 2. The lowest BCUT2D eigenvalue weighted by Gasteiger charge is -2.18. The minimum Gasteiger partial charge on any atom is -0.308 e. The SMILES string of the molecule is CCCNC(Cc1cccs1)c1c(Cl)cnn1C.